The monoisotopic (exact) mass is 603 g/mol. The molecule has 0 aliphatic rings. The van der Waals surface area contributed by atoms with E-state index in [-0.39, 0.29) is 31.0 Å². The first-order valence-corrected chi connectivity index (χ1v) is 13.9. The smallest absolute Gasteiger partial charge is 0.416 e. The number of rotatable bonds is 9. The summed E-state index contributed by atoms with van der Waals surface area (Å²) in [5.74, 6) is -3.53. The number of nitrogens with zero attached hydrogens (tertiary/aromatic N) is 1. The molecular formula is C31H30F5N3O2S. The van der Waals surface area contributed by atoms with Gasteiger partial charge in [0.1, 0.15) is 23.0 Å². The molecule has 1 heterocycles. The molecule has 0 aliphatic carbocycles. The van der Waals surface area contributed by atoms with Crippen molar-refractivity contribution in [2.24, 2.45) is 0 Å². The SMILES string of the molecule is Cc1nc(COc2ccc(F)c(C(=O)NCNCc3ccc(C(F)(F)F)cc3)c2F)sc1-c1ccc(C(C)(C)C)cc1. The Morgan fingerprint density at radius 3 is 2.19 bits per heavy atom. The summed E-state index contributed by atoms with van der Waals surface area (Å²) in [4.78, 5) is 18.0. The zero-order valence-corrected chi connectivity index (χ0v) is 24.3. The van der Waals surface area contributed by atoms with Crippen LogP contribution in [0.3, 0.4) is 0 Å². The average Bonchev–Trinajstić information content (AvgIpc) is 3.30. The van der Waals surface area contributed by atoms with Gasteiger partial charge in [0.25, 0.3) is 5.91 Å². The first-order valence-electron chi connectivity index (χ1n) is 13.1. The lowest BCUT2D eigenvalue weighted by atomic mass is 9.86. The highest BCUT2D eigenvalue weighted by Gasteiger charge is 2.30. The third kappa shape index (κ3) is 7.51. The molecule has 2 N–H and O–H groups in total. The van der Waals surface area contributed by atoms with E-state index in [2.05, 4.69) is 48.5 Å². The number of alkyl halides is 3. The fourth-order valence-corrected chi connectivity index (χ4v) is 5.13. The third-order valence-corrected chi connectivity index (χ3v) is 7.65. The molecular weight excluding hydrogens is 573 g/mol. The van der Waals surface area contributed by atoms with Gasteiger partial charge in [0.05, 0.1) is 22.8 Å². The lowest BCUT2D eigenvalue weighted by Gasteiger charge is -2.19. The number of carbonyl (C=O) groups excluding carboxylic acids is 1. The number of hydrogen-bond acceptors (Lipinski definition) is 5. The number of thiazole rings is 1. The number of aryl methyl sites for hydroxylation is 1. The first kappa shape index (κ1) is 31.1. The second-order valence-electron chi connectivity index (χ2n) is 10.7. The van der Waals surface area contributed by atoms with E-state index < -0.39 is 34.8 Å². The minimum atomic E-state index is -4.44. The Balaban J connectivity index is 1.35. The van der Waals surface area contributed by atoms with Crippen molar-refractivity contribution in [3.05, 3.63) is 105 Å². The molecule has 0 saturated heterocycles. The summed E-state index contributed by atoms with van der Waals surface area (Å²) in [7, 11) is 0. The summed E-state index contributed by atoms with van der Waals surface area (Å²) in [6.45, 7) is 8.17. The normalized spacial score (nSPS) is 11.9. The molecule has 0 saturated carbocycles. The highest BCUT2D eigenvalue weighted by atomic mass is 32.1. The van der Waals surface area contributed by atoms with Crippen LogP contribution >= 0.6 is 11.3 Å². The maximum Gasteiger partial charge on any atom is 0.416 e. The maximum absolute atomic E-state index is 15.1. The quantitative estimate of drug-likeness (QED) is 0.117. The molecule has 222 valence electrons. The largest absolute Gasteiger partial charge is 0.483 e. The second-order valence-corrected chi connectivity index (χ2v) is 11.8. The van der Waals surface area contributed by atoms with Crippen molar-refractivity contribution in [2.45, 2.75) is 52.4 Å². The topological polar surface area (TPSA) is 63.2 Å². The van der Waals surface area contributed by atoms with E-state index in [1.54, 1.807) is 0 Å². The minimum absolute atomic E-state index is 0.0290. The van der Waals surface area contributed by atoms with Gasteiger partial charge in [-0.2, -0.15) is 13.2 Å². The highest BCUT2D eigenvalue weighted by Crippen LogP contribution is 2.33. The Morgan fingerprint density at radius 1 is 0.929 bits per heavy atom. The van der Waals surface area contributed by atoms with Gasteiger partial charge in [-0.3, -0.25) is 10.1 Å². The highest BCUT2D eigenvalue weighted by molar-refractivity contribution is 7.15. The third-order valence-electron chi connectivity index (χ3n) is 6.47. The number of amides is 1. The summed E-state index contributed by atoms with van der Waals surface area (Å²) in [6.07, 6.45) is -4.44. The van der Waals surface area contributed by atoms with E-state index >= 15 is 4.39 Å². The van der Waals surface area contributed by atoms with Crippen molar-refractivity contribution in [3.8, 4) is 16.2 Å². The molecule has 0 aliphatic heterocycles. The van der Waals surface area contributed by atoms with Crippen LogP contribution in [0.15, 0.2) is 60.7 Å². The molecule has 0 bridgehead atoms. The van der Waals surface area contributed by atoms with E-state index in [1.165, 1.54) is 29.0 Å². The molecule has 1 aromatic heterocycles. The van der Waals surface area contributed by atoms with Crippen molar-refractivity contribution < 1.29 is 31.5 Å². The number of aromatic nitrogens is 1. The zero-order chi connectivity index (χ0) is 30.7. The molecule has 0 atom stereocenters. The van der Waals surface area contributed by atoms with Gasteiger partial charge in [-0.25, -0.2) is 13.8 Å². The van der Waals surface area contributed by atoms with E-state index in [9.17, 15) is 22.4 Å². The van der Waals surface area contributed by atoms with E-state index in [1.807, 2.05) is 19.1 Å². The molecule has 0 fully saturated rings. The van der Waals surface area contributed by atoms with Gasteiger partial charge in [0.2, 0.25) is 0 Å². The summed E-state index contributed by atoms with van der Waals surface area (Å²) in [6, 6.07) is 14.8. The molecule has 4 aromatic rings. The number of halogens is 5. The molecule has 0 unspecified atom stereocenters. The van der Waals surface area contributed by atoms with Crippen molar-refractivity contribution >= 4 is 17.2 Å². The lowest BCUT2D eigenvalue weighted by Crippen LogP contribution is -2.34. The second kappa shape index (κ2) is 12.6. The van der Waals surface area contributed by atoms with Crippen LogP contribution in [0.5, 0.6) is 5.75 Å². The molecule has 4 rings (SSSR count). The van der Waals surface area contributed by atoms with Gasteiger partial charge < -0.3 is 10.1 Å². The van der Waals surface area contributed by atoms with E-state index in [0.29, 0.717) is 10.6 Å². The number of benzene rings is 3. The lowest BCUT2D eigenvalue weighted by molar-refractivity contribution is -0.137. The zero-order valence-electron chi connectivity index (χ0n) is 23.5. The Kier molecular flexibility index (Phi) is 9.32. The predicted octanol–water partition coefficient (Wildman–Crippen LogP) is 7.77. The summed E-state index contributed by atoms with van der Waals surface area (Å²) in [5, 5.41) is 5.74. The summed E-state index contributed by atoms with van der Waals surface area (Å²) >= 11 is 1.40. The number of nitrogens with one attached hydrogen (secondary N) is 2. The van der Waals surface area contributed by atoms with Gasteiger partial charge in [-0.15, -0.1) is 11.3 Å². The summed E-state index contributed by atoms with van der Waals surface area (Å²) in [5.41, 5.74) is 1.99. The van der Waals surface area contributed by atoms with Crippen LogP contribution in [0.4, 0.5) is 22.0 Å². The van der Waals surface area contributed by atoms with Gasteiger partial charge in [-0.05, 0) is 53.3 Å². The minimum Gasteiger partial charge on any atom is -0.483 e. The number of ether oxygens (including phenoxy) is 1. The predicted molar refractivity (Wildman–Crippen MR) is 152 cm³/mol. The fourth-order valence-electron chi connectivity index (χ4n) is 4.15. The van der Waals surface area contributed by atoms with E-state index in [0.717, 1.165) is 40.4 Å². The molecule has 42 heavy (non-hydrogen) atoms. The van der Waals surface area contributed by atoms with Crippen LogP contribution in [-0.2, 0) is 24.7 Å². The Morgan fingerprint density at radius 2 is 1.57 bits per heavy atom. The Hall–Kier alpha value is -3.83. The number of carbonyl (C=O) groups is 1. The van der Waals surface area contributed by atoms with Crippen LogP contribution in [-0.4, -0.2) is 17.6 Å². The van der Waals surface area contributed by atoms with Gasteiger partial charge >= 0.3 is 6.18 Å². The molecule has 11 heteroatoms. The molecule has 0 radical (unpaired) electrons. The van der Waals surface area contributed by atoms with Gasteiger partial charge in [-0.1, -0.05) is 57.2 Å². The number of hydrogen-bond donors (Lipinski definition) is 2. The van der Waals surface area contributed by atoms with Crippen LogP contribution in [0.1, 0.15) is 58.5 Å². The Labute approximate surface area is 244 Å². The van der Waals surface area contributed by atoms with Crippen LogP contribution < -0.4 is 15.4 Å². The molecule has 1 amide bonds. The van der Waals surface area contributed by atoms with Crippen LogP contribution in [0.25, 0.3) is 10.4 Å². The molecule has 5 nitrogen and oxygen atoms in total. The standard InChI is InChI=1S/C31H30F5N3O2S/c1-18-28(20-7-11-21(12-8-20)30(2,3)4)42-25(39-18)16-41-24-14-13-23(32)26(27(24)33)29(40)38-17-37-15-19-5-9-22(10-6-19)31(34,35)36/h5-14,37H,15-17H2,1-4H3,(H,38,40). The fraction of sp³-hybridized carbons (Fsp3) is 0.290. The van der Waals surface area contributed by atoms with Crippen LogP contribution in [0, 0.1) is 18.6 Å². The summed E-state index contributed by atoms with van der Waals surface area (Å²) < 4.78 is 73.2. The van der Waals surface area contributed by atoms with Crippen molar-refractivity contribution in [1.82, 2.24) is 15.6 Å². The molecule has 3 aromatic carbocycles. The average molecular weight is 604 g/mol. The first-order chi connectivity index (χ1) is 19.7. The van der Waals surface area contributed by atoms with Crippen molar-refractivity contribution in [1.29, 1.82) is 0 Å². The maximum atomic E-state index is 15.1. The Bertz CT molecular complexity index is 1540. The van der Waals surface area contributed by atoms with Gasteiger partial charge in [0.15, 0.2) is 11.6 Å². The van der Waals surface area contributed by atoms with Crippen LogP contribution in [0.2, 0.25) is 0 Å². The van der Waals surface area contributed by atoms with Gasteiger partial charge in [0, 0.05) is 6.54 Å². The molecule has 0 spiro atoms. The van der Waals surface area contributed by atoms with Crippen molar-refractivity contribution in [3.63, 3.8) is 0 Å². The van der Waals surface area contributed by atoms with E-state index in [4.69, 9.17) is 4.74 Å². The van der Waals surface area contributed by atoms with Crippen molar-refractivity contribution in [2.75, 3.05) is 6.67 Å².